The Kier molecular flexibility index (Phi) is 5.25. The molecule has 0 heterocycles. The average molecular weight is 279 g/mol. The molecule has 1 unspecified atom stereocenters. The number of rotatable bonds is 6. The van der Waals surface area contributed by atoms with Crippen LogP contribution in [0.5, 0.6) is 0 Å². The van der Waals surface area contributed by atoms with Crippen LogP contribution < -0.4 is 5.32 Å². The van der Waals surface area contributed by atoms with Crippen molar-refractivity contribution >= 4 is 23.5 Å². The van der Waals surface area contributed by atoms with Crippen LogP contribution in [0.3, 0.4) is 0 Å². The van der Waals surface area contributed by atoms with Gasteiger partial charge in [0.2, 0.25) is 5.91 Å². The lowest BCUT2D eigenvalue weighted by atomic mass is 10.0. The lowest BCUT2D eigenvalue weighted by Gasteiger charge is -2.12. The smallest absolute Gasteiger partial charge is 0.335 e. The monoisotopic (exact) mass is 279 g/mol. The van der Waals surface area contributed by atoms with Crippen LogP contribution in [-0.2, 0) is 4.79 Å². The number of hydrogen-bond donors (Lipinski definition) is 3. The number of carboxylic acid groups (broad SMARTS) is 2. The number of hydrogen-bond acceptors (Lipinski definition) is 3. The first-order valence-electron chi connectivity index (χ1n) is 6.27. The normalized spacial score (nSPS) is 11.7. The molecule has 1 aromatic rings. The van der Waals surface area contributed by atoms with Crippen molar-refractivity contribution in [2.75, 3.05) is 5.32 Å². The number of aromatic carboxylic acids is 2. The maximum absolute atomic E-state index is 11.9. The van der Waals surface area contributed by atoms with Gasteiger partial charge in [0.25, 0.3) is 0 Å². The van der Waals surface area contributed by atoms with Crippen LogP contribution in [0.2, 0.25) is 0 Å². The van der Waals surface area contributed by atoms with Crippen LogP contribution in [0.4, 0.5) is 5.69 Å². The minimum absolute atomic E-state index is 0.176. The highest BCUT2D eigenvalue weighted by Gasteiger charge is 2.15. The van der Waals surface area contributed by atoms with E-state index in [4.69, 9.17) is 10.2 Å². The minimum atomic E-state index is -1.25. The van der Waals surface area contributed by atoms with E-state index in [1.165, 1.54) is 12.1 Å². The molecule has 0 radical (unpaired) electrons. The van der Waals surface area contributed by atoms with Crippen LogP contribution in [0, 0.1) is 5.92 Å². The summed E-state index contributed by atoms with van der Waals surface area (Å²) >= 11 is 0. The number of carboxylic acids is 2. The number of carbonyl (C=O) groups excluding carboxylic acids is 1. The van der Waals surface area contributed by atoms with Gasteiger partial charge in [0.15, 0.2) is 0 Å². The van der Waals surface area contributed by atoms with E-state index >= 15 is 0 Å². The molecule has 1 amide bonds. The van der Waals surface area contributed by atoms with E-state index < -0.39 is 11.9 Å². The Morgan fingerprint density at radius 1 is 1.10 bits per heavy atom. The quantitative estimate of drug-likeness (QED) is 0.742. The van der Waals surface area contributed by atoms with Crippen molar-refractivity contribution in [3.05, 3.63) is 29.3 Å². The molecule has 108 valence electrons. The van der Waals surface area contributed by atoms with Gasteiger partial charge in [-0.05, 0) is 24.6 Å². The van der Waals surface area contributed by atoms with Gasteiger partial charge in [0, 0.05) is 11.6 Å². The molecule has 0 aliphatic carbocycles. The molecule has 0 spiro atoms. The van der Waals surface area contributed by atoms with Gasteiger partial charge in [-0.1, -0.05) is 20.3 Å². The molecule has 1 rings (SSSR count). The summed E-state index contributed by atoms with van der Waals surface area (Å²) in [6.07, 6.45) is 1.56. The fourth-order valence-corrected chi connectivity index (χ4v) is 1.78. The number of anilines is 1. The summed E-state index contributed by atoms with van der Waals surface area (Å²) in [6, 6.07) is 3.53. The molecular formula is C14H17NO5. The van der Waals surface area contributed by atoms with Gasteiger partial charge >= 0.3 is 11.9 Å². The third-order valence-corrected chi connectivity index (χ3v) is 2.86. The third-order valence-electron chi connectivity index (χ3n) is 2.86. The van der Waals surface area contributed by atoms with E-state index in [-0.39, 0.29) is 28.6 Å². The molecule has 6 heteroatoms. The highest BCUT2D eigenvalue weighted by molar-refractivity contribution is 5.98. The van der Waals surface area contributed by atoms with Gasteiger partial charge < -0.3 is 15.5 Å². The Hall–Kier alpha value is -2.37. The molecule has 20 heavy (non-hydrogen) atoms. The van der Waals surface area contributed by atoms with Crippen molar-refractivity contribution in [1.82, 2.24) is 0 Å². The van der Waals surface area contributed by atoms with Crippen LogP contribution >= 0.6 is 0 Å². The number of amides is 1. The zero-order chi connectivity index (χ0) is 15.3. The van der Waals surface area contributed by atoms with Crippen molar-refractivity contribution in [3.63, 3.8) is 0 Å². The Morgan fingerprint density at radius 2 is 1.60 bits per heavy atom. The molecule has 0 saturated heterocycles. The molecule has 0 saturated carbocycles. The van der Waals surface area contributed by atoms with Crippen LogP contribution in [0.1, 0.15) is 47.4 Å². The summed E-state index contributed by atoms with van der Waals surface area (Å²) in [6.45, 7) is 3.72. The van der Waals surface area contributed by atoms with E-state index in [1.54, 1.807) is 6.92 Å². The number of nitrogens with one attached hydrogen (secondary N) is 1. The Labute approximate surface area is 116 Å². The summed E-state index contributed by atoms with van der Waals surface area (Å²) < 4.78 is 0. The minimum Gasteiger partial charge on any atom is -0.478 e. The molecule has 1 aromatic carbocycles. The molecule has 0 aromatic heterocycles. The molecule has 0 aliphatic heterocycles. The standard InChI is InChI=1S/C14H17NO5/c1-3-4-8(2)12(16)15-11-6-9(13(17)18)5-10(7-11)14(19)20/h5-8H,3-4H2,1-2H3,(H,15,16)(H,17,18)(H,19,20). The highest BCUT2D eigenvalue weighted by atomic mass is 16.4. The fraction of sp³-hybridized carbons (Fsp3) is 0.357. The number of benzene rings is 1. The predicted octanol–water partition coefficient (Wildman–Crippen LogP) is 2.46. The van der Waals surface area contributed by atoms with Crippen molar-refractivity contribution in [2.24, 2.45) is 5.92 Å². The maximum atomic E-state index is 11.9. The average Bonchev–Trinajstić information content (AvgIpc) is 2.38. The Morgan fingerprint density at radius 3 is 2.00 bits per heavy atom. The summed E-state index contributed by atoms with van der Waals surface area (Å²) in [5.41, 5.74) is -0.179. The van der Waals surface area contributed by atoms with Crippen molar-refractivity contribution in [3.8, 4) is 0 Å². The zero-order valence-corrected chi connectivity index (χ0v) is 11.3. The summed E-state index contributed by atoms with van der Waals surface area (Å²) in [5, 5.41) is 20.4. The van der Waals surface area contributed by atoms with Gasteiger partial charge in [-0.25, -0.2) is 9.59 Å². The summed E-state index contributed by atoms with van der Waals surface area (Å²) in [4.78, 5) is 33.7. The molecule has 1 atom stereocenters. The van der Waals surface area contributed by atoms with Gasteiger partial charge in [-0.15, -0.1) is 0 Å². The zero-order valence-electron chi connectivity index (χ0n) is 11.3. The largest absolute Gasteiger partial charge is 0.478 e. The lowest BCUT2D eigenvalue weighted by molar-refractivity contribution is -0.119. The first-order chi connectivity index (χ1) is 9.35. The van der Waals surface area contributed by atoms with E-state index in [1.807, 2.05) is 6.92 Å². The predicted molar refractivity (Wildman–Crippen MR) is 73.1 cm³/mol. The first-order valence-corrected chi connectivity index (χ1v) is 6.27. The fourth-order valence-electron chi connectivity index (χ4n) is 1.78. The van der Waals surface area contributed by atoms with Gasteiger partial charge in [-0.2, -0.15) is 0 Å². The van der Waals surface area contributed by atoms with Crippen molar-refractivity contribution in [2.45, 2.75) is 26.7 Å². The summed E-state index contributed by atoms with van der Waals surface area (Å²) in [7, 11) is 0. The van der Waals surface area contributed by atoms with Gasteiger partial charge in [0.05, 0.1) is 11.1 Å². The second kappa shape index (κ2) is 6.70. The van der Waals surface area contributed by atoms with E-state index in [2.05, 4.69) is 5.32 Å². The molecule has 0 bridgehead atoms. The topological polar surface area (TPSA) is 104 Å². The van der Waals surface area contributed by atoms with Crippen LogP contribution in [0.15, 0.2) is 18.2 Å². The van der Waals surface area contributed by atoms with Crippen molar-refractivity contribution < 1.29 is 24.6 Å². The van der Waals surface area contributed by atoms with Crippen LogP contribution in [-0.4, -0.2) is 28.1 Å². The second-order valence-corrected chi connectivity index (χ2v) is 4.59. The molecule has 6 nitrogen and oxygen atoms in total. The number of carbonyl (C=O) groups is 3. The molecule has 3 N–H and O–H groups in total. The molecule has 0 aliphatic rings. The molecule has 0 fully saturated rings. The van der Waals surface area contributed by atoms with E-state index in [0.29, 0.717) is 6.42 Å². The second-order valence-electron chi connectivity index (χ2n) is 4.59. The third kappa shape index (κ3) is 4.08. The first kappa shape index (κ1) is 15.7. The lowest BCUT2D eigenvalue weighted by Crippen LogP contribution is -2.20. The maximum Gasteiger partial charge on any atom is 0.335 e. The Balaban J connectivity index is 3.02. The molecular weight excluding hydrogens is 262 g/mol. The Bertz CT molecular complexity index is 506. The van der Waals surface area contributed by atoms with Gasteiger partial charge in [-0.3, -0.25) is 4.79 Å². The van der Waals surface area contributed by atoms with Crippen molar-refractivity contribution in [1.29, 1.82) is 0 Å². The SMILES string of the molecule is CCCC(C)C(=O)Nc1cc(C(=O)O)cc(C(=O)O)c1. The summed E-state index contributed by atoms with van der Waals surface area (Å²) in [5.74, 6) is -2.97. The van der Waals surface area contributed by atoms with E-state index in [9.17, 15) is 14.4 Å². The van der Waals surface area contributed by atoms with Crippen LogP contribution in [0.25, 0.3) is 0 Å². The van der Waals surface area contributed by atoms with Gasteiger partial charge in [0.1, 0.15) is 0 Å². The van der Waals surface area contributed by atoms with E-state index in [0.717, 1.165) is 12.5 Å². The highest BCUT2D eigenvalue weighted by Crippen LogP contribution is 2.17.